The highest BCUT2D eigenvalue weighted by atomic mass is 35.5. The van der Waals surface area contributed by atoms with E-state index in [2.05, 4.69) is 15.6 Å². The first-order chi connectivity index (χ1) is 11.6. The minimum atomic E-state index is -0.460. The van der Waals surface area contributed by atoms with Crippen molar-refractivity contribution >= 4 is 34.3 Å². The Hall–Kier alpha value is -2.14. The van der Waals surface area contributed by atoms with Gasteiger partial charge in [-0.3, -0.25) is 14.6 Å². The molecule has 2 aromatic rings. The summed E-state index contributed by atoms with van der Waals surface area (Å²) in [6, 6.07) is 5.24. The molecule has 0 spiro atoms. The Balaban J connectivity index is 1.60. The molecule has 1 saturated carbocycles. The minimum absolute atomic E-state index is 0.134. The molecule has 2 fully saturated rings. The van der Waals surface area contributed by atoms with Gasteiger partial charge in [0.2, 0.25) is 5.91 Å². The zero-order valence-electron chi connectivity index (χ0n) is 13.1. The van der Waals surface area contributed by atoms with E-state index in [9.17, 15) is 9.59 Å². The number of amides is 2. The van der Waals surface area contributed by atoms with Crippen LogP contribution in [0.3, 0.4) is 0 Å². The molecule has 2 N–H and O–H groups in total. The average molecular weight is 344 g/mol. The maximum absolute atomic E-state index is 12.3. The van der Waals surface area contributed by atoms with Gasteiger partial charge in [-0.25, -0.2) is 0 Å². The largest absolute Gasteiger partial charge is 0.354 e. The van der Waals surface area contributed by atoms with E-state index < -0.39 is 6.04 Å². The Kier molecular flexibility index (Phi) is 3.88. The minimum Gasteiger partial charge on any atom is -0.354 e. The van der Waals surface area contributed by atoms with Crippen LogP contribution in [0, 0.1) is 0 Å². The molecule has 0 bridgehead atoms. The van der Waals surface area contributed by atoms with Gasteiger partial charge in [0.05, 0.1) is 11.1 Å². The van der Waals surface area contributed by atoms with Crippen LogP contribution in [0.15, 0.2) is 24.4 Å². The lowest BCUT2D eigenvalue weighted by Gasteiger charge is -2.26. The van der Waals surface area contributed by atoms with Gasteiger partial charge in [0, 0.05) is 23.2 Å². The van der Waals surface area contributed by atoms with Crippen LogP contribution in [-0.2, 0) is 4.79 Å². The summed E-state index contributed by atoms with van der Waals surface area (Å²) >= 11 is 6.42. The summed E-state index contributed by atoms with van der Waals surface area (Å²) in [5.74, 6) is 0.114. The first-order valence-corrected chi connectivity index (χ1v) is 8.67. The molecule has 2 amide bonds. The number of nitrogens with zero attached hydrogens (tertiary/aromatic N) is 1. The molecule has 1 unspecified atom stereocenters. The van der Waals surface area contributed by atoms with Gasteiger partial charge >= 0.3 is 0 Å². The summed E-state index contributed by atoms with van der Waals surface area (Å²) in [4.78, 5) is 28.3. The zero-order chi connectivity index (χ0) is 16.7. The van der Waals surface area contributed by atoms with E-state index in [0.29, 0.717) is 24.4 Å². The molecule has 6 heteroatoms. The van der Waals surface area contributed by atoms with E-state index in [1.165, 1.54) is 19.3 Å². The number of pyridine rings is 1. The van der Waals surface area contributed by atoms with E-state index in [0.717, 1.165) is 21.5 Å². The van der Waals surface area contributed by atoms with Crippen LogP contribution < -0.4 is 10.6 Å². The molecule has 1 atom stereocenters. The maximum Gasteiger partial charge on any atom is 0.253 e. The van der Waals surface area contributed by atoms with Crippen LogP contribution in [0.2, 0.25) is 5.02 Å². The van der Waals surface area contributed by atoms with Crippen molar-refractivity contribution in [3.05, 3.63) is 40.5 Å². The molecule has 0 radical (unpaired) electrons. The number of nitrogens with one attached hydrogen (secondary N) is 2. The lowest BCUT2D eigenvalue weighted by molar-refractivity contribution is -0.120. The summed E-state index contributed by atoms with van der Waals surface area (Å²) in [6.45, 7) is 0.597. The van der Waals surface area contributed by atoms with Gasteiger partial charge in [0.25, 0.3) is 5.91 Å². The summed E-state index contributed by atoms with van der Waals surface area (Å²) in [5.41, 5.74) is 2.44. The highest BCUT2D eigenvalue weighted by molar-refractivity contribution is 6.32. The molecule has 4 rings (SSSR count). The third-order valence-electron chi connectivity index (χ3n) is 4.96. The van der Waals surface area contributed by atoms with Crippen LogP contribution in [-0.4, -0.2) is 29.4 Å². The van der Waals surface area contributed by atoms with Crippen molar-refractivity contribution in [2.24, 2.45) is 0 Å². The van der Waals surface area contributed by atoms with Gasteiger partial charge in [0.1, 0.15) is 6.04 Å². The molecular formula is C18H18ClN3O2. The Morgan fingerprint density at radius 1 is 1.25 bits per heavy atom. The van der Waals surface area contributed by atoms with Gasteiger partial charge in [-0.05, 0) is 48.9 Å². The van der Waals surface area contributed by atoms with E-state index in [1.54, 1.807) is 12.3 Å². The number of hydrogen-bond donors (Lipinski definition) is 2. The molecule has 1 aliphatic carbocycles. The van der Waals surface area contributed by atoms with Crippen molar-refractivity contribution in [3.63, 3.8) is 0 Å². The SMILES string of the molecule is O=C(NC1CCNC1=O)c1cnc2cc(C3CCC3)c(Cl)cc2c1. The summed E-state index contributed by atoms with van der Waals surface area (Å²) < 4.78 is 0. The van der Waals surface area contributed by atoms with Gasteiger partial charge in [-0.15, -0.1) is 0 Å². The second-order valence-electron chi connectivity index (χ2n) is 6.52. The second-order valence-corrected chi connectivity index (χ2v) is 6.93. The van der Waals surface area contributed by atoms with Gasteiger partial charge in [0.15, 0.2) is 0 Å². The third-order valence-corrected chi connectivity index (χ3v) is 5.29. The Bertz CT molecular complexity index is 832. The third kappa shape index (κ3) is 2.73. The van der Waals surface area contributed by atoms with Crippen LogP contribution in [0.1, 0.15) is 47.5 Å². The molecular weight excluding hydrogens is 326 g/mol. The zero-order valence-corrected chi connectivity index (χ0v) is 13.9. The number of carbonyl (C=O) groups excluding carboxylic acids is 2. The van der Waals surface area contributed by atoms with E-state index in [4.69, 9.17) is 11.6 Å². The van der Waals surface area contributed by atoms with Crippen molar-refractivity contribution < 1.29 is 9.59 Å². The molecule has 2 heterocycles. The Morgan fingerprint density at radius 3 is 2.75 bits per heavy atom. The lowest BCUT2D eigenvalue weighted by atomic mass is 9.80. The fourth-order valence-electron chi connectivity index (χ4n) is 3.29. The number of hydrogen-bond acceptors (Lipinski definition) is 3. The van der Waals surface area contributed by atoms with Crippen molar-refractivity contribution in [1.29, 1.82) is 0 Å². The number of rotatable bonds is 3. The lowest BCUT2D eigenvalue weighted by Crippen LogP contribution is -2.40. The fraction of sp³-hybridized carbons (Fsp3) is 0.389. The molecule has 1 saturated heterocycles. The number of fused-ring (bicyclic) bond motifs is 1. The topological polar surface area (TPSA) is 71.1 Å². The van der Waals surface area contributed by atoms with Crippen molar-refractivity contribution in [2.75, 3.05) is 6.54 Å². The normalized spacial score (nSPS) is 20.7. The molecule has 124 valence electrons. The number of aromatic nitrogens is 1. The van der Waals surface area contributed by atoms with E-state index >= 15 is 0 Å². The maximum atomic E-state index is 12.3. The van der Waals surface area contributed by atoms with Gasteiger partial charge in [-0.1, -0.05) is 18.0 Å². The van der Waals surface area contributed by atoms with E-state index in [-0.39, 0.29) is 11.8 Å². The molecule has 2 aliphatic rings. The first-order valence-electron chi connectivity index (χ1n) is 8.29. The van der Waals surface area contributed by atoms with Crippen molar-refractivity contribution in [1.82, 2.24) is 15.6 Å². The number of benzene rings is 1. The van der Waals surface area contributed by atoms with Crippen LogP contribution in [0.25, 0.3) is 10.9 Å². The first kappa shape index (κ1) is 15.4. The van der Waals surface area contributed by atoms with Gasteiger partial charge < -0.3 is 10.6 Å². The quantitative estimate of drug-likeness (QED) is 0.900. The standard InChI is InChI=1S/C18H18ClN3O2/c19-14-7-11-6-12(17(23)22-15-4-5-20-18(15)24)9-21-16(11)8-13(14)10-2-1-3-10/h6-10,15H,1-5H2,(H,20,24)(H,22,23). The summed E-state index contributed by atoms with van der Waals surface area (Å²) in [7, 11) is 0. The fourth-order valence-corrected chi connectivity index (χ4v) is 3.62. The predicted octanol–water partition coefficient (Wildman–Crippen LogP) is 2.77. The summed E-state index contributed by atoms with van der Waals surface area (Å²) in [6.07, 6.45) is 5.77. The second kappa shape index (κ2) is 6.06. The van der Waals surface area contributed by atoms with E-state index in [1.807, 2.05) is 12.1 Å². The Morgan fingerprint density at radius 2 is 2.08 bits per heavy atom. The molecule has 5 nitrogen and oxygen atoms in total. The highest BCUT2D eigenvalue weighted by Crippen LogP contribution is 2.40. The summed E-state index contributed by atoms with van der Waals surface area (Å²) in [5, 5.41) is 7.03. The van der Waals surface area contributed by atoms with Crippen LogP contribution in [0.4, 0.5) is 0 Å². The highest BCUT2D eigenvalue weighted by Gasteiger charge is 2.26. The molecule has 1 aromatic carbocycles. The van der Waals surface area contributed by atoms with Gasteiger partial charge in [-0.2, -0.15) is 0 Å². The molecule has 1 aromatic heterocycles. The Labute approximate surface area is 144 Å². The number of halogens is 1. The van der Waals surface area contributed by atoms with Crippen LogP contribution in [0.5, 0.6) is 0 Å². The van der Waals surface area contributed by atoms with Crippen molar-refractivity contribution in [2.45, 2.75) is 37.6 Å². The van der Waals surface area contributed by atoms with Crippen LogP contribution >= 0.6 is 11.6 Å². The molecule has 1 aliphatic heterocycles. The number of carbonyl (C=O) groups is 2. The van der Waals surface area contributed by atoms with Crippen molar-refractivity contribution in [3.8, 4) is 0 Å². The average Bonchev–Trinajstić information content (AvgIpc) is 2.91. The smallest absolute Gasteiger partial charge is 0.253 e. The molecule has 24 heavy (non-hydrogen) atoms. The monoisotopic (exact) mass is 343 g/mol. The predicted molar refractivity (Wildman–Crippen MR) is 92.2 cm³/mol.